The van der Waals surface area contributed by atoms with Gasteiger partial charge in [-0.05, 0) is 44.1 Å². The zero-order valence-corrected chi connectivity index (χ0v) is 19.7. The van der Waals surface area contributed by atoms with Crippen molar-refractivity contribution in [3.05, 3.63) is 17.5 Å². The van der Waals surface area contributed by atoms with E-state index >= 15 is 0 Å². The monoisotopic (exact) mass is 449 g/mol. The Balaban J connectivity index is 1.64. The van der Waals surface area contributed by atoms with Crippen molar-refractivity contribution >= 4 is 29.5 Å². The lowest BCUT2D eigenvalue weighted by Gasteiger charge is -2.41. The SMILES string of the molecule is CCCSCCCNC(=O)c1cc2n(n1)C[C@@](C)(C(=O)NC1CCCCC1)N(C)C2=O. The van der Waals surface area contributed by atoms with Crippen molar-refractivity contribution in [2.45, 2.75) is 76.9 Å². The fourth-order valence-corrected chi connectivity index (χ4v) is 4.98. The summed E-state index contributed by atoms with van der Waals surface area (Å²) < 4.78 is 1.51. The molecule has 0 bridgehead atoms. The van der Waals surface area contributed by atoms with E-state index in [1.165, 1.54) is 22.1 Å². The zero-order valence-electron chi connectivity index (χ0n) is 18.9. The number of carbonyl (C=O) groups is 3. The van der Waals surface area contributed by atoms with Crippen molar-refractivity contribution in [2.24, 2.45) is 0 Å². The molecule has 1 aromatic heterocycles. The first-order valence-electron chi connectivity index (χ1n) is 11.4. The molecule has 1 saturated carbocycles. The van der Waals surface area contributed by atoms with Gasteiger partial charge in [0, 0.05) is 25.7 Å². The predicted octanol–water partition coefficient (Wildman–Crippen LogP) is 2.44. The molecule has 9 heteroatoms. The van der Waals surface area contributed by atoms with E-state index in [2.05, 4.69) is 22.7 Å². The first-order valence-corrected chi connectivity index (χ1v) is 12.5. The molecule has 1 atom stereocenters. The van der Waals surface area contributed by atoms with E-state index in [4.69, 9.17) is 0 Å². The zero-order chi connectivity index (χ0) is 22.4. The maximum Gasteiger partial charge on any atom is 0.272 e. The number of hydrogen-bond donors (Lipinski definition) is 2. The van der Waals surface area contributed by atoms with Crippen LogP contribution in [0.1, 0.15) is 79.8 Å². The molecule has 1 aliphatic carbocycles. The van der Waals surface area contributed by atoms with Crippen molar-refractivity contribution in [1.29, 1.82) is 0 Å². The topological polar surface area (TPSA) is 96.3 Å². The molecule has 0 unspecified atom stereocenters. The van der Waals surface area contributed by atoms with Gasteiger partial charge in [0.1, 0.15) is 11.2 Å². The summed E-state index contributed by atoms with van der Waals surface area (Å²) in [7, 11) is 1.65. The summed E-state index contributed by atoms with van der Waals surface area (Å²) in [6.07, 6.45) is 7.45. The summed E-state index contributed by atoms with van der Waals surface area (Å²) in [5.41, 5.74) is -0.485. The van der Waals surface area contributed by atoms with E-state index in [9.17, 15) is 14.4 Å². The molecule has 1 fully saturated rings. The third-order valence-corrected chi connectivity index (χ3v) is 7.54. The minimum atomic E-state index is -1.04. The van der Waals surface area contributed by atoms with E-state index in [-0.39, 0.29) is 36.0 Å². The number of nitrogens with one attached hydrogen (secondary N) is 2. The van der Waals surface area contributed by atoms with Crippen molar-refractivity contribution in [3.8, 4) is 0 Å². The Labute approximate surface area is 188 Å². The second-order valence-electron chi connectivity index (χ2n) is 8.74. The van der Waals surface area contributed by atoms with Crippen LogP contribution in [0.4, 0.5) is 0 Å². The number of fused-ring (bicyclic) bond motifs is 1. The van der Waals surface area contributed by atoms with Crippen LogP contribution in [0.15, 0.2) is 6.07 Å². The van der Waals surface area contributed by atoms with Gasteiger partial charge in [0.25, 0.3) is 11.8 Å². The van der Waals surface area contributed by atoms with Gasteiger partial charge in [-0.25, -0.2) is 0 Å². The van der Waals surface area contributed by atoms with E-state index < -0.39 is 5.54 Å². The Morgan fingerprint density at radius 3 is 2.71 bits per heavy atom. The average Bonchev–Trinajstić information content (AvgIpc) is 3.19. The molecule has 8 nitrogen and oxygen atoms in total. The summed E-state index contributed by atoms with van der Waals surface area (Å²) in [6.45, 7) is 4.72. The van der Waals surface area contributed by atoms with Gasteiger partial charge in [0.15, 0.2) is 5.69 Å². The van der Waals surface area contributed by atoms with Gasteiger partial charge in [-0.2, -0.15) is 16.9 Å². The van der Waals surface area contributed by atoms with Crippen LogP contribution in [-0.4, -0.2) is 69.1 Å². The quantitative estimate of drug-likeness (QED) is 0.565. The summed E-state index contributed by atoms with van der Waals surface area (Å²) in [6, 6.07) is 1.69. The van der Waals surface area contributed by atoms with Crippen molar-refractivity contribution in [1.82, 2.24) is 25.3 Å². The van der Waals surface area contributed by atoms with Crippen LogP contribution in [0.3, 0.4) is 0 Å². The van der Waals surface area contributed by atoms with Gasteiger partial charge >= 0.3 is 0 Å². The number of nitrogens with zero attached hydrogens (tertiary/aromatic N) is 3. The Bertz CT molecular complexity index is 805. The lowest BCUT2D eigenvalue weighted by atomic mass is 9.92. The molecule has 2 heterocycles. The second kappa shape index (κ2) is 10.5. The lowest BCUT2D eigenvalue weighted by molar-refractivity contribution is -0.133. The molecular formula is C22H35N5O3S. The number of likely N-dealkylation sites (N-methyl/N-ethyl adjacent to an activating group) is 1. The summed E-state index contributed by atoms with van der Waals surface area (Å²) in [5, 5.41) is 10.4. The Morgan fingerprint density at radius 2 is 2.00 bits per heavy atom. The third kappa shape index (κ3) is 5.42. The van der Waals surface area contributed by atoms with Crippen LogP contribution in [0.25, 0.3) is 0 Å². The minimum absolute atomic E-state index is 0.160. The number of rotatable bonds is 9. The number of carbonyl (C=O) groups excluding carboxylic acids is 3. The molecule has 2 aliphatic rings. The van der Waals surface area contributed by atoms with Gasteiger partial charge in [-0.3, -0.25) is 19.1 Å². The highest BCUT2D eigenvalue weighted by atomic mass is 32.2. The van der Waals surface area contributed by atoms with Crippen LogP contribution >= 0.6 is 11.8 Å². The molecule has 1 aliphatic heterocycles. The van der Waals surface area contributed by atoms with Crippen LogP contribution in [-0.2, 0) is 11.3 Å². The van der Waals surface area contributed by atoms with E-state index in [0.717, 1.165) is 50.0 Å². The van der Waals surface area contributed by atoms with Crippen LogP contribution < -0.4 is 10.6 Å². The number of hydrogen-bond acceptors (Lipinski definition) is 5. The van der Waals surface area contributed by atoms with Gasteiger partial charge in [0.05, 0.1) is 6.54 Å². The molecule has 0 radical (unpaired) electrons. The fourth-order valence-electron chi connectivity index (χ4n) is 4.14. The summed E-state index contributed by atoms with van der Waals surface area (Å²) in [4.78, 5) is 40.1. The predicted molar refractivity (Wildman–Crippen MR) is 122 cm³/mol. The standard InChI is InChI=1S/C22H35N5O3S/c1-4-12-31-13-8-11-23-19(28)17-14-18-20(29)26(3)22(2,15-27(18)25-17)21(30)24-16-9-6-5-7-10-16/h14,16H,4-13,15H2,1-3H3,(H,23,28)(H,24,30)/t22-/m0/s1. The minimum Gasteiger partial charge on any atom is -0.351 e. The first kappa shape index (κ1) is 23.6. The van der Waals surface area contributed by atoms with Gasteiger partial charge in [-0.15, -0.1) is 0 Å². The van der Waals surface area contributed by atoms with E-state index in [0.29, 0.717) is 12.2 Å². The summed E-state index contributed by atoms with van der Waals surface area (Å²) in [5.74, 6) is 1.39. The molecule has 31 heavy (non-hydrogen) atoms. The molecule has 0 aromatic carbocycles. The number of amides is 3. The molecule has 172 valence electrons. The molecule has 3 amide bonds. The van der Waals surface area contributed by atoms with E-state index in [1.807, 2.05) is 11.8 Å². The smallest absolute Gasteiger partial charge is 0.272 e. The maximum atomic E-state index is 13.1. The molecule has 2 N–H and O–H groups in total. The third-order valence-electron chi connectivity index (χ3n) is 6.26. The van der Waals surface area contributed by atoms with Gasteiger partial charge in [0.2, 0.25) is 5.91 Å². The molecular weight excluding hydrogens is 414 g/mol. The largest absolute Gasteiger partial charge is 0.351 e. The average molecular weight is 450 g/mol. The van der Waals surface area contributed by atoms with Crippen LogP contribution in [0.5, 0.6) is 0 Å². The van der Waals surface area contributed by atoms with Gasteiger partial charge in [-0.1, -0.05) is 26.2 Å². The number of thioether (sulfide) groups is 1. The highest BCUT2D eigenvalue weighted by Crippen LogP contribution is 2.27. The number of aromatic nitrogens is 2. The Kier molecular flexibility index (Phi) is 8.02. The molecule has 1 aromatic rings. The second-order valence-corrected chi connectivity index (χ2v) is 9.97. The Morgan fingerprint density at radius 1 is 1.26 bits per heavy atom. The molecule has 0 saturated heterocycles. The Hall–Kier alpha value is -2.03. The highest BCUT2D eigenvalue weighted by Gasteiger charge is 2.46. The molecule has 3 rings (SSSR count). The fraction of sp³-hybridized carbons (Fsp3) is 0.727. The molecule has 0 spiro atoms. The van der Waals surface area contributed by atoms with Gasteiger partial charge < -0.3 is 15.5 Å². The van der Waals surface area contributed by atoms with E-state index in [1.54, 1.807) is 14.0 Å². The van der Waals surface area contributed by atoms with Crippen molar-refractivity contribution in [2.75, 3.05) is 25.1 Å². The van der Waals surface area contributed by atoms with Crippen molar-refractivity contribution < 1.29 is 14.4 Å². The van der Waals surface area contributed by atoms with Crippen molar-refractivity contribution in [3.63, 3.8) is 0 Å². The normalized spacial score (nSPS) is 21.6. The first-order chi connectivity index (χ1) is 14.9. The lowest BCUT2D eigenvalue weighted by Crippen LogP contribution is -2.63. The van der Waals surface area contributed by atoms with Crippen LogP contribution in [0.2, 0.25) is 0 Å². The van der Waals surface area contributed by atoms with Crippen LogP contribution in [0, 0.1) is 0 Å². The maximum absolute atomic E-state index is 13.1. The highest BCUT2D eigenvalue weighted by molar-refractivity contribution is 7.99. The summed E-state index contributed by atoms with van der Waals surface area (Å²) >= 11 is 1.88.